The monoisotopic (exact) mass is 292 g/mol. The number of methoxy groups -OCH3 is 1. The van der Waals surface area contributed by atoms with Crippen LogP contribution in [0.1, 0.15) is 18.7 Å². The highest BCUT2D eigenvalue weighted by Gasteiger charge is 2.31. The van der Waals surface area contributed by atoms with E-state index >= 15 is 0 Å². The van der Waals surface area contributed by atoms with Gasteiger partial charge in [0.05, 0.1) is 12.2 Å². The summed E-state index contributed by atoms with van der Waals surface area (Å²) in [5.74, 6) is 0.179. The molecule has 0 radical (unpaired) electrons. The van der Waals surface area contributed by atoms with Gasteiger partial charge in [-0.1, -0.05) is 13.8 Å². The molecule has 4 heteroatoms. The summed E-state index contributed by atoms with van der Waals surface area (Å²) < 4.78 is 6.17. The molecule has 0 saturated heterocycles. The zero-order chi connectivity index (χ0) is 11.5. The van der Waals surface area contributed by atoms with E-state index < -0.39 is 5.60 Å². The van der Waals surface area contributed by atoms with E-state index in [-0.39, 0.29) is 5.92 Å². The molecule has 1 aromatic heterocycles. The van der Waals surface area contributed by atoms with Crippen LogP contribution in [0, 0.1) is 5.92 Å². The molecule has 86 valence electrons. The normalized spacial score (nSPS) is 15.6. The van der Waals surface area contributed by atoms with Crippen molar-refractivity contribution in [3.05, 3.63) is 20.8 Å². The second-order valence-corrected chi connectivity index (χ2v) is 6.01. The standard InChI is InChI=1S/C11H17BrO2S/c1-8(2)11(13,7-14-3)5-10-4-9(12)6-15-10/h4,6,8,13H,5,7H2,1-3H3. The molecule has 0 amide bonds. The zero-order valence-electron chi connectivity index (χ0n) is 9.29. The second-order valence-electron chi connectivity index (χ2n) is 4.10. The van der Waals surface area contributed by atoms with Gasteiger partial charge >= 0.3 is 0 Å². The van der Waals surface area contributed by atoms with Gasteiger partial charge in [0.1, 0.15) is 0 Å². The molecule has 0 bridgehead atoms. The van der Waals surface area contributed by atoms with Gasteiger partial charge in [0, 0.05) is 28.3 Å². The molecular weight excluding hydrogens is 276 g/mol. The molecule has 1 rings (SSSR count). The molecule has 1 N–H and O–H groups in total. The van der Waals surface area contributed by atoms with Crippen molar-refractivity contribution in [2.75, 3.05) is 13.7 Å². The number of aliphatic hydroxyl groups is 1. The molecule has 1 atom stereocenters. The molecule has 0 fully saturated rings. The third-order valence-electron chi connectivity index (χ3n) is 2.57. The highest BCUT2D eigenvalue weighted by molar-refractivity contribution is 9.10. The van der Waals surface area contributed by atoms with E-state index in [4.69, 9.17) is 4.74 Å². The highest BCUT2D eigenvalue weighted by Crippen LogP contribution is 2.28. The summed E-state index contributed by atoms with van der Waals surface area (Å²) in [6.45, 7) is 4.41. The molecule has 0 saturated carbocycles. The quantitative estimate of drug-likeness (QED) is 0.904. The molecule has 15 heavy (non-hydrogen) atoms. The average molecular weight is 293 g/mol. The molecule has 1 heterocycles. The van der Waals surface area contributed by atoms with Gasteiger partial charge < -0.3 is 9.84 Å². The van der Waals surface area contributed by atoms with Crippen LogP contribution in [0.4, 0.5) is 0 Å². The van der Waals surface area contributed by atoms with Gasteiger partial charge in [0.25, 0.3) is 0 Å². The minimum Gasteiger partial charge on any atom is -0.387 e. The van der Waals surface area contributed by atoms with Crippen molar-refractivity contribution in [2.24, 2.45) is 5.92 Å². The molecule has 0 aliphatic heterocycles. The van der Waals surface area contributed by atoms with Gasteiger partial charge in [-0.05, 0) is 27.9 Å². The van der Waals surface area contributed by atoms with Crippen molar-refractivity contribution < 1.29 is 9.84 Å². The SMILES string of the molecule is COCC(O)(Cc1cc(Br)cs1)C(C)C. The number of rotatable bonds is 5. The van der Waals surface area contributed by atoms with E-state index in [1.54, 1.807) is 18.4 Å². The predicted octanol–water partition coefficient (Wildman–Crippen LogP) is 3.09. The fourth-order valence-electron chi connectivity index (χ4n) is 1.42. The zero-order valence-corrected chi connectivity index (χ0v) is 11.7. The minimum atomic E-state index is -0.765. The molecule has 2 nitrogen and oxygen atoms in total. The summed E-state index contributed by atoms with van der Waals surface area (Å²) >= 11 is 5.07. The maximum atomic E-state index is 10.4. The van der Waals surface area contributed by atoms with E-state index in [9.17, 15) is 5.11 Å². The molecule has 0 spiro atoms. The van der Waals surface area contributed by atoms with Gasteiger partial charge in [0.15, 0.2) is 0 Å². The highest BCUT2D eigenvalue weighted by atomic mass is 79.9. The summed E-state index contributed by atoms with van der Waals surface area (Å²) in [5, 5.41) is 12.4. The lowest BCUT2D eigenvalue weighted by molar-refractivity contribution is -0.0632. The molecule has 0 aromatic carbocycles. The first-order valence-corrected chi connectivity index (χ1v) is 6.59. The first-order chi connectivity index (χ1) is 6.98. The Morgan fingerprint density at radius 1 is 1.60 bits per heavy atom. The average Bonchev–Trinajstić information content (AvgIpc) is 2.51. The third-order valence-corrected chi connectivity index (χ3v) is 4.27. The molecule has 0 aliphatic rings. The Bertz CT molecular complexity index is 311. The molecule has 1 unspecified atom stereocenters. The lowest BCUT2D eigenvalue weighted by Crippen LogP contribution is -2.41. The summed E-state index contributed by atoms with van der Waals surface area (Å²) in [4.78, 5) is 1.18. The summed E-state index contributed by atoms with van der Waals surface area (Å²) in [5.41, 5.74) is -0.765. The fourth-order valence-corrected chi connectivity index (χ4v) is 2.99. The fraction of sp³-hybridized carbons (Fsp3) is 0.636. The van der Waals surface area contributed by atoms with Crippen molar-refractivity contribution >= 4 is 27.3 Å². The van der Waals surface area contributed by atoms with Crippen molar-refractivity contribution in [3.8, 4) is 0 Å². The Labute approximate surface area is 103 Å². The van der Waals surface area contributed by atoms with E-state index in [0.717, 1.165) is 4.47 Å². The van der Waals surface area contributed by atoms with Crippen LogP contribution < -0.4 is 0 Å². The Balaban J connectivity index is 2.74. The van der Waals surface area contributed by atoms with Crippen LogP contribution in [0.5, 0.6) is 0 Å². The smallest absolute Gasteiger partial charge is 0.0950 e. The molecular formula is C11H17BrO2S. The second kappa shape index (κ2) is 5.43. The van der Waals surface area contributed by atoms with Crippen LogP contribution in [-0.4, -0.2) is 24.4 Å². The summed E-state index contributed by atoms with van der Waals surface area (Å²) in [6.07, 6.45) is 0.648. The predicted molar refractivity (Wildman–Crippen MR) is 67.4 cm³/mol. The third kappa shape index (κ3) is 3.55. The van der Waals surface area contributed by atoms with Crippen molar-refractivity contribution in [1.82, 2.24) is 0 Å². The van der Waals surface area contributed by atoms with Crippen LogP contribution in [0.3, 0.4) is 0 Å². The van der Waals surface area contributed by atoms with E-state index in [1.165, 1.54) is 4.88 Å². The van der Waals surface area contributed by atoms with Crippen LogP contribution in [0.2, 0.25) is 0 Å². The van der Waals surface area contributed by atoms with E-state index in [2.05, 4.69) is 15.9 Å². The van der Waals surface area contributed by atoms with Crippen molar-refractivity contribution in [3.63, 3.8) is 0 Å². The number of hydrogen-bond donors (Lipinski definition) is 1. The molecule has 1 aromatic rings. The first-order valence-electron chi connectivity index (χ1n) is 4.92. The van der Waals surface area contributed by atoms with E-state index in [1.807, 2.05) is 25.3 Å². The van der Waals surface area contributed by atoms with Gasteiger partial charge in [-0.2, -0.15) is 0 Å². The van der Waals surface area contributed by atoms with Crippen LogP contribution >= 0.6 is 27.3 Å². The van der Waals surface area contributed by atoms with E-state index in [0.29, 0.717) is 13.0 Å². The largest absolute Gasteiger partial charge is 0.387 e. The van der Waals surface area contributed by atoms with Crippen molar-refractivity contribution in [2.45, 2.75) is 25.9 Å². The maximum Gasteiger partial charge on any atom is 0.0950 e. The first kappa shape index (κ1) is 13.2. The number of thiophene rings is 1. The molecule has 0 aliphatic carbocycles. The summed E-state index contributed by atoms with van der Waals surface area (Å²) in [7, 11) is 1.62. The van der Waals surface area contributed by atoms with Gasteiger partial charge in [-0.25, -0.2) is 0 Å². The minimum absolute atomic E-state index is 0.179. The Morgan fingerprint density at radius 2 is 2.27 bits per heavy atom. The number of hydrogen-bond acceptors (Lipinski definition) is 3. The Kier molecular flexibility index (Phi) is 4.77. The maximum absolute atomic E-state index is 10.4. The van der Waals surface area contributed by atoms with Crippen LogP contribution in [-0.2, 0) is 11.2 Å². The van der Waals surface area contributed by atoms with Gasteiger partial charge in [0.2, 0.25) is 0 Å². The lowest BCUT2D eigenvalue weighted by atomic mass is 9.87. The van der Waals surface area contributed by atoms with Crippen LogP contribution in [0.15, 0.2) is 15.9 Å². The van der Waals surface area contributed by atoms with Gasteiger partial charge in [-0.3, -0.25) is 0 Å². The van der Waals surface area contributed by atoms with Crippen LogP contribution in [0.25, 0.3) is 0 Å². The lowest BCUT2D eigenvalue weighted by Gasteiger charge is -2.31. The number of ether oxygens (including phenoxy) is 1. The van der Waals surface area contributed by atoms with Crippen molar-refractivity contribution in [1.29, 1.82) is 0 Å². The Hall–Kier alpha value is 0.1000. The van der Waals surface area contributed by atoms with Gasteiger partial charge in [-0.15, -0.1) is 11.3 Å². The topological polar surface area (TPSA) is 29.5 Å². The number of halogens is 1. The summed E-state index contributed by atoms with van der Waals surface area (Å²) in [6, 6.07) is 2.05. The Morgan fingerprint density at radius 3 is 2.67 bits per heavy atom.